The van der Waals surface area contributed by atoms with Gasteiger partial charge in [0.05, 0.1) is 11.4 Å². The van der Waals surface area contributed by atoms with Gasteiger partial charge in [0.1, 0.15) is 11.5 Å². The van der Waals surface area contributed by atoms with Gasteiger partial charge in [0, 0.05) is 25.6 Å². The number of sulfonamides is 1. The van der Waals surface area contributed by atoms with Crippen LogP contribution in [-0.4, -0.2) is 25.7 Å². The van der Waals surface area contributed by atoms with Crippen LogP contribution in [0.25, 0.3) is 0 Å². The third kappa shape index (κ3) is 3.93. The van der Waals surface area contributed by atoms with Crippen molar-refractivity contribution in [1.82, 2.24) is 4.31 Å². The number of furan rings is 1. The van der Waals surface area contributed by atoms with Crippen molar-refractivity contribution < 1.29 is 17.6 Å². The number of anilines is 1. The van der Waals surface area contributed by atoms with Crippen LogP contribution in [0.15, 0.2) is 45.7 Å². The summed E-state index contributed by atoms with van der Waals surface area (Å²) in [7, 11) is -2.10. The molecular weight excluding hydrogens is 340 g/mol. The van der Waals surface area contributed by atoms with Gasteiger partial charge < -0.3 is 9.73 Å². The minimum atomic E-state index is -3.63. The van der Waals surface area contributed by atoms with Crippen molar-refractivity contribution in [2.75, 3.05) is 12.4 Å². The molecule has 3 rings (SSSR count). The monoisotopic (exact) mass is 362 g/mol. The van der Waals surface area contributed by atoms with Crippen molar-refractivity contribution >= 4 is 21.6 Å². The molecule has 2 unspecified atom stereocenters. The SMILES string of the molecule is CC(=O)Nc1ccc(S(=O)(=O)N(C)Cc2ccc(C3CC3C)o2)cc1. The van der Waals surface area contributed by atoms with Gasteiger partial charge in [-0.25, -0.2) is 8.42 Å². The smallest absolute Gasteiger partial charge is 0.243 e. The van der Waals surface area contributed by atoms with Crippen LogP contribution in [0.2, 0.25) is 0 Å². The third-order valence-corrected chi connectivity index (χ3v) is 6.24. The minimum absolute atomic E-state index is 0.173. The van der Waals surface area contributed by atoms with E-state index in [1.54, 1.807) is 12.1 Å². The average Bonchev–Trinajstić information content (AvgIpc) is 3.09. The van der Waals surface area contributed by atoms with Gasteiger partial charge in [0.25, 0.3) is 0 Å². The van der Waals surface area contributed by atoms with E-state index in [9.17, 15) is 13.2 Å². The summed E-state index contributed by atoms with van der Waals surface area (Å²) < 4.78 is 32.4. The lowest BCUT2D eigenvalue weighted by Gasteiger charge is -2.16. The van der Waals surface area contributed by atoms with Crippen LogP contribution >= 0.6 is 0 Å². The normalized spacial score (nSPS) is 19.8. The number of benzene rings is 1. The van der Waals surface area contributed by atoms with E-state index in [1.165, 1.54) is 30.4 Å². The molecule has 1 heterocycles. The first kappa shape index (κ1) is 17.7. The molecule has 1 amide bonds. The Hall–Kier alpha value is -2.12. The molecule has 1 fully saturated rings. The summed E-state index contributed by atoms with van der Waals surface area (Å²) in [6.45, 7) is 3.75. The van der Waals surface area contributed by atoms with E-state index in [-0.39, 0.29) is 17.3 Å². The fourth-order valence-electron chi connectivity index (χ4n) is 2.80. The lowest BCUT2D eigenvalue weighted by molar-refractivity contribution is -0.114. The molecule has 1 aliphatic carbocycles. The van der Waals surface area contributed by atoms with Crippen molar-refractivity contribution in [3.63, 3.8) is 0 Å². The average molecular weight is 362 g/mol. The molecule has 0 aliphatic heterocycles. The molecule has 0 radical (unpaired) electrons. The van der Waals surface area contributed by atoms with Gasteiger partial charge in [-0.1, -0.05) is 6.92 Å². The highest BCUT2D eigenvalue weighted by molar-refractivity contribution is 7.89. The maximum atomic E-state index is 12.7. The van der Waals surface area contributed by atoms with Crippen LogP contribution in [0, 0.1) is 5.92 Å². The van der Waals surface area contributed by atoms with Gasteiger partial charge in [-0.05, 0) is 48.7 Å². The molecule has 25 heavy (non-hydrogen) atoms. The van der Waals surface area contributed by atoms with E-state index >= 15 is 0 Å². The van der Waals surface area contributed by atoms with E-state index in [0.717, 1.165) is 12.2 Å². The highest BCUT2D eigenvalue weighted by Gasteiger charge is 2.36. The van der Waals surface area contributed by atoms with E-state index in [1.807, 2.05) is 12.1 Å². The number of hydrogen-bond acceptors (Lipinski definition) is 4. The standard InChI is InChI=1S/C18H22N2O4S/c1-12-10-17(12)18-9-6-15(24-18)11-20(3)25(22,23)16-7-4-14(5-8-16)19-13(2)21/h4-9,12,17H,10-11H2,1-3H3,(H,19,21). The van der Waals surface area contributed by atoms with Crippen LogP contribution in [0.5, 0.6) is 0 Å². The predicted octanol–water partition coefficient (Wildman–Crippen LogP) is 3.18. The van der Waals surface area contributed by atoms with E-state index in [2.05, 4.69) is 12.2 Å². The lowest BCUT2D eigenvalue weighted by atomic mass is 10.3. The van der Waals surface area contributed by atoms with Crippen molar-refractivity contribution in [3.8, 4) is 0 Å². The summed E-state index contributed by atoms with van der Waals surface area (Å²) in [5.41, 5.74) is 0.559. The Kier molecular flexibility index (Phi) is 4.71. The number of hydrogen-bond donors (Lipinski definition) is 1. The molecule has 6 nitrogen and oxygen atoms in total. The van der Waals surface area contributed by atoms with Crippen LogP contribution in [-0.2, 0) is 21.4 Å². The van der Waals surface area contributed by atoms with Crippen molar-refractivity contribution in [2.24, 2.45) is 5.92 Å². The summed E-state index contributed by atoms with van der Waals surface area (Å²) in [6, 6.07) is 9.88. The highest BCUT2D eigenvalue weighted by atomic mass is 32.2. The van der Waals surface area contributed by atoms with E-state index in [0.29, 0.717) is 23.3 Å². The van der Waals surface area contributed by atoms with Gasteiger partial charge in [-0.15, -0.1) is 0 Å². The Morgan fingerprint density at radius 3 is 2.44 bits per heavy atom. The molecule has 2 atom stereocenters. The Balaban J connectivity index is 1.70. The van der Waals surface area contributed by atoms with Gasteiger partial charge in [-0.2, -0.15) is 4.31 Å². The molecular formula is C18H22N2O4S. The number of carbonyl (C=O) groups is 1. The zero-order valence-corrected chi connectivity index (χ0v) is 15.3. The maximum absolute atomic E-state index is 12.7. The number of amides is 1. The van der Waals surface area contributed by atoms with E-state index in [4.69, 9.17) is 4.42 Å². The first-order chi connectivity index (χ1) is 11.8. The molecule has 0 saturated heterocycles. The Bertz CT molecular complexity index is 871. The molecule has 1 saturated carbocycles. The zero-order valence-electron chi connectivity index (χ0n) is 14.5. The summed E-state index contributed by atoms with van der Waals surface area (Å²) >= 11 is 0. The van der Waals surface area contributed by atoms with Crippen molar-refractivity contribution in [3.05, 3.63) is 47.9 Å². The quantitative estimate of drug-likeness (QED) is 0.856. The van der Waals surface area contributed by atoms with Crippen LogP contribution < -0.4 is 5.32 Å². The number of nitrogens with one attached hydrogen (secondary N) is 1. The molecule has 134 valence electrons. The second kappa shape index (κ2) is 6.65. The fraction of sp³-hybridized carbons (Fsp3) is 0.389. The van der Waals surface area contributed by atoms with E-state index < -0.39 is 10.0 Å². The second-order valence-corrected chi connectivity index (χ2v) is 8.64. The first-order valence-corrected chi connectivity index (χ1v) is 9.64. The highest BCUT2D eigenvalue weighted by Crippen LogP contribution is 2.47. The first-order valence-electron chi connectivity index (χ1n) is 8.20. The van der Waals surface area contributed by atoms with Crippen LogP contribution in [0.1, 0.15) is 37.7 Å². The molecule has 0 spiro atoms. The maximum Gasteiger partial charge on any atom is 0.243 e. The largest absolute Gasteiger partial charge is 0.464 e. The minimum Gasteiger partial charge on any atom is -0.464 e. The molecule has 1 aliphatic rings. The van der Waals surface area contributed by atoms with Crippen LogP contribution in [0.4, 0.5) is 5.69 Å². The molecule has 1 N–H and O–H groups in total. The second-order valence-electron chi connectivity index (χ2n) is 6.59. The predicted molar refractivity (Wildman–Crippen MR) is 94.6 cm³/mol. The van der Waals surface area contributed by atoms with Gasteiger partial charge in [0.15, 0.2) is 0 Å². The van der Waals surface area contributed by atoms with Gasteiger partial charge in [-0.3, -0.25) is 4.79 Å². The van der Waals surface area contributed by atoms with Gasteiger partial charge in [0.2, 0.25) is 15.9 Å². The number of nitrogens with zero attached hydrogens (tertiary/aromatic N) is 1. The number of rotatable bonds is 6. The van der Waals surface area contributed by atoms with Crippen molar-refractivity contribution in [1.29, 1.82) is 0 Å². The summed E-state index contributed by atoms with van der Waals surface area (Å²) in [5.74, 6) is 2.48. The summed E-state index contributed by atoms with van der Waals surface area (Å²) in [4.78, 5) is 11.2. The van der Waals surface area contributed by atoms with Crippen molar-refractivity contribution in [2.45, 2.75) is 37.6 Å². The number of carbonyl (C=O) groups excluding carboxylic acids is 1. The summed E-state index contributed by atoms with van der Waals surface area (Å²) in [6.07, 6.45) is 1.13. The molecule has 7 heteroatoms. The topological polar surface area (TPSA) is 79.6 Å². The Labute approximate surface area is 147 Å². The molecule has 2 aromatic rings. The third-order valence-electron chi connectivity index (χ3n) is 4.42. The summed E-state index contributed by atoms with van der Waals surface area (Å²) in [5, 5.41) is 2.61. The molecule has 1 aromatic carbocycles. The molecule has 1 aromatic heterocycles. The fourth-order valence-corrected chi connectivity index (χ4v) is 3.93. The lowest BCUT2D eigenvalue weighted by Crippen LogP contribution is -2.26. The van der Waals surface area contributed by atoms with Gasteiger partial charge >= 0.3 is 0 Å². The molecule has 0 bridgehead atoms. The Morgan fingerprint density at radius 2 is 1.88 bits per heavy atom. The Morgan fingerprint density at radius 1 is 1.24 bits per heavy atom. The van der Waals surface area contributed by atoms with Crippen LogP contribution in [0.3, 0.4) is 0 Å². The zero-order chi connectivity index (χ0) is 18.2.